The van der Waals surface area contributed by atoms with Crippen LogP contribution in [-0.2, 0) is 14.8 Å². The number of methoxy groups -OCH3 is 1. The molecular weight excluding hydrogens is 352 g/mol. The number of nitrogens with zero attached hydrogens (tertiary/aromatic N) is 1. The van der Waals surface area contributed by atoms with E-state index < -0.39 is 10.0 Å². The van der Waals surface area contributed by atoms with Gasteiger partial charge in [0.05, 0.1) is 12.0 Å². The van der Waals surface area contributed by atoms with E-state index in [1.807, 2.05) is 24.3 Å². The minimum Gasteiger partial charge on any atom is -0.496 e. The summed E-state index contributed by atoms with van der Waals surface area (Å²) in [5.41, 5.74) is 1.61. The summed E-state index contributed by atoms with van der Waals surface area (Å²) in [6, 6.07) is 14.0. The third-order valence-electron chi connectivity index (χ3n) is 4.54. The zero-order valence-corrected chi connectivity index (χ0v) is 15.6. The largest absolute Gasteiger partial charge is 0.496 e. The van der Waals surface area contributed by atoms with Gasteiger partial charge in [0.15, 0.2) is 0 Å². The molecule has 1 aliphatic heterocycles. The van der Waals surface area contributed by atoms with E-state index in [0.717, 1.165) is 17.7 Å². The molecule has 0 bridgehead atoms. The van der Waals surface area contributed by atoms with Gasteiger partial charge in [-0.1, -0.05) is 18.2 Å². The Hall–Kier alpha value is -2.38. The van der Waals surface area contributed by atoms with Gasteiger partial charge in [-0.3, -0.25) is 4.79 Å². The maximum absolute atomic E-state index is 12.9. The van der Waals surface area contributed by atoms with E-state index in [4.69, 9.17) is 4.74 Å². The predicted molar refractivity (Wildman–Crippen MR) is 99.9 cm³/mol. The molecule has 0 unspecified atom stereocenters. The van der Waals surface area contributed by atoms with E-state index >= 15 is 0 Å². The van der Waals surface area contributed by atoms with Gasteiger partial charge in [0.1, 0.15) is 5.75 Å². The lowest BCUT2D eigenvalue weighted by atomic mass is 9.97. The summed E-state index contributed by atoms with van der Waals surface area (Å²) in [6.45, 7) is 2.31. The van der Waals surface area contributed by atoms with E-state index in [1.54, 1.807) is 19.2 Å². The van der Waals surface area contributed by atoms with Crippen LogP contribution in [0.1, 0.15) is 24.8 Å². The fourth-order valence-electron chi connectivity index (χ4n) is 3.27. The first-order chi connectivity index (χ1) is 12.4. The van der Waals surface area contributed by atoms with Crippen LogP contribution in [0.3, 0.4) is 0 Å². The lowest BCUT2D eigenvalue weighted by Gasteiger charge is -2.18. The Bertz CT molecular complexity index is 894. The number of benzene rings is 2. The Morgan fingerprint density at radius 3 is 2.50 bits per heavy atom. The highest BCUT2D eigenvalue weighted by Crippen LogP contribution is 2.35. The van der Waals surface area contributed by atoms with Crippen molar-refractivity contribution in [2.75, 3.05) is 25.5 Å². The number of carbonyl (C=O) groups is 1. The third kappa shape index (κ3) is 3.73. The quantitative estimate of drug-likeness (QED) is 0.873. The molecule has 2 aromatic rings. The van der Waals surface area contributed by atoms with Crippen LogP contribution < -0.4 is 10.1 Å². The molecule has 6 nitrogen and oxygen atoms in total. The lowest BCUT2D eigenvalue weighted by Crippen LogP contribution is -2.28. The van der Waals surface area contributed by atoms with Crippen molar-refractivity contribution in [3.8, 4) is 5.75 Å². The van der Waals surface area contributed by atoms with Crippen molar-refractivity contribution >= 4 is 21.6 Å². The topological polar surface area (TPSA) is 75.7 Å². The van der Waals surface area contributed by atoms with E-state index in [-0.39, 0.29) is 16.7 Å². The summed E-state index contributed by atoms with van der Waals surface area (Å²) in [7, 11) is -1.94. The normalized spacial score (nSPS) is 17.8. The maximum Gasteiger partial charge on any atom is 0.243 e. The average molecular weight is 374 g/mol. The van der Waals surface area contributed by atoms with Crippen molar-refractivity contribution < 1.29 is 17.9 Å². The van der Waals surface area contributed by atoms with Crippen LogP contribution in [0.4, 0.5) is 5.69 Å². The Labute approximate surface area is 153 Å². The van der Waals surface area contributed by atoms with Gasteiger partial charge in [-0.25, -0.2) is 8.42 Å². The van der Waals surface area contributed by atoms with Gasteiger partial charge in [-0.05, 0) is 42.3 Å². The number of sulfonamides is 1. The Kier molecular flexibility index (Phi) is 5.29. The molecule has 1 atom stereocenters. The number of carbonyl (C=O) groups excluding carboxylic acids is 1. The molecule has 0 saturated carbocycles. The average Bonchev–Trinajstić information content (AvgIpc) is 3.12. The van der Waals surface area contributed by atoms with Crippen LogP contribution in [-0.4, -0.2) is 38.8 Å². The van der Waals surface area contributed by atoms with E-state index in [9.17, 15) is 13.2 Å². The van der Waals surface area contributed by atoms with Crippen molar-refractivity contribution in [3.05, 3.63) is 54.1 Å². The summed E-state index contributed by atoms with van der Waals surface area (Å²) >= 11 is 0. The minimum atomic E-state index is -3.56. The minimum absolute atomic E-state index is 0.111. The molecule has 1 amide bonds. The molecular formula is C19H22N2O4S. The molecule has 0 aliphatic carbocycles. The number of nitrogens with one attached hydrogen (secondary N) is 1. The van der Waals surface area contributed by atoms with Crippen LogP contribution in [0.2, 0.25) is 0 Å². The number of amides is 1. The van der Waals surface area contributed by atoms with Crippen molar-refractivity contribution in [1.29, 1.82) is 0 Å². The molecule has 7 heteroatoms. The second-order valence-electron chi connectivity index (χ2n) is 6.30. The highest BCUT2D eigenvalue weighted by atomic mass is 32.2. The monoisotopic (exact) mass is 374 g/mol. The first kappa shape index (κ1) is 18.4. The number of rotatable bonds is 5. The van der Waals surface area contributed by atoms with Gasteiger partial charge in [0.2, 0.25) is 15.9 Å². The highest BCUT2D eigenvalue weighted by Gasteiger charge is 2.34. The first-order valence-electron chi connectivity index (χ1n) is 8.42. The fourth-order valence-corrected chi connectivity index (χ4v) is 4.77. The Morgan fingerprint density at radius 1 is 1.15 bits per heavy atom. The molecule has 3 rings (SSSR count). The van der Waals surface area contributed by atoms with Crippen molar-refractivity contribution in [2.24, 2.45) is 0 Å². The number of para-hydroxylation sites is 1. The lowest BCUT2D eigenvalue weighted by molar-refractivity contribution is -0.114. The first-order valence-corrected chi connectivity index (χ1v) is 9.86. The molecule has 1 N–H and O–H groups in total. The molecule has 1 saturated heterocycles. The summed E-state index contributed by atoms with van der Waals surface area (Å²) in [5.74, 6) is 0.704. The van der Waals surface area contributed by atoms with Crippen molar-refractivity contribution in [2.45, 2.75) is 24.2 Å². The summed E-state index contributed by atoms with van der Waals surface area (Å²) in [4.78, 5) is 11.3. The molecule has 1 fully saturated rings. The second-order valence-corrected chi connectivity index (χ2v) is 8.23. The van der Waals surface area contributed by atoms with Gasteiger partial charge in [-0.15, -0.1) is 0 Å². The SMILES string of the molecule is COc1ccccc1[C@@H]1CCN(S(=O)(=O)c2ccc(NC(C)=O)cc2)C1. The molecule has 26 heavy (non-hydrogen) atoms. The molecule has 0 radical (unpaired) electrons. The van der Waals surface area contributed by atoms with Crippen molar-refractivity contribution in [3.63, 3.8) is 0 Å². The Morgan fingerprint density at radius 2 is 1.85 bits per heavy atom. The molecule has 1 heterocycles. The maximum atomic E-state index is 12.9. The van der Waals surface area contributed by atoms with E-state index in [2.05, 4.69) is 5.32 Å². The van der Waals surface area contributed by atoms with Crippen LogP contribution in [0.15, 0.2) is 53.4 Å². The third-order valence-corrected chi connectivity index (χ3v) is 6.42. The van der Waals surface area contributed by atoms with Gasteiger partial charge in [-0.2, -0.15) is 4.31 Å². The highest BCUT2D eigenvalue weighted by molar-refractivity contribution is 7.89. The zero-order chi connectivity index (χ0) is 18.7. The molecule has 0 spiro atoms. The number of ether oxygens (including phenoxy) is 1. The summed E-state index contributed by atoms with van der Waals surface area (Å²) in [6.07, 6.45) is 0.754. The van der Waals surface area contributed by atoms with E-state index in [0.29, 0.717) is 18.8 Å². The van der Waals surface area contributed by atoms with Crippen LogP contribution in [0, 0.1) is 0 Å². The molecule has 0 aromatic heterocycles. The summed E-state index contributed by atoms with van der Waals surface area (Å²) < 4.78 is 32.7. The second kappa shape index (κ2) is 7.47. The number of anilines is 1. The smallest absolute Gasteiger partial charge is 0.243 e. The van der Waals surface area contributed by atoms with Crippen molar-refractivity contribution in [1.82, 2.24) is 4.31 Å². The van der Waals surface area contributed by atoms with Gasteiger partial charge in [0, 0.05) is 31.6 Å². The standard InChI is InChI=1S/C19H22N2O4S/c1-14(22)20-16-7-9-17(10-8-16)26(23,24)21-12-11-15(13-21)18-5-3-4-6-19(18)25-2/h3-10,15H,11-13H2,1-2H3,(H,20,22)/t15-/m1/s1. The Balaban J connectivity index is 1.78. The molecule has 138 valence electrons. The van der Waals surface area contributed by atoms with Gasteiger partial charge >= 0.3 is 0 Å². The summed E-state index contributed by atoms with van der Waals surface area (Å²) in [5, 5.41) is 2.63. The molecule has 1 aliphatic rings. The van der Waals surface area contributed by atoms with Crippen LogP contribution in [0.5, 0.6) is 5.75 Å². The van der Waals surface area contributed by atoms with Gasteiger partial charge < -0.3 is 10.1 Å². The molecule has 2 aromatic carbocycles. The van der Waals surface area contributed by atoms with Gasteiger partial charge in [0.25, 0.3) is 0 Å². The van der Waals surface area contributed by atoms with E-state index in [1.165, 1.54) is 23.4 Å². The number of hydrogen-bond donors (Lipinski definition) is 1. The predicted octanol–water partition coefficient (Wildman–Crippen LogP) is 2.83. The fraction of sp³-hybridized carbons (Fsp3) is 0.316. The number of hydrogen-bond acceptors (Lipinski definition) is 4. The van der Waals surface area contributed by atoms with Crippen LogP contribution >= 0.6 is 0 Å². The zero-order valence-electron chi connectivity index (χ0n) is 14.8. The van der Waals surface area contributed by atoms with Crippen LogP contribution in [0.25, 0.3) is 0 Å².